The molecule has 2 rings (SSSR count). The highest BCUT2D eigenvalue weighted by molar-refractivity contribution is 5.71. The molecular weight excluding hydrogens is 210 g/mol. The Kier molecular flexibility index (Phi) is 3.27. The molecule has 0 bridgehead atoms. The molecule has 2 N–H and O–H groups in total. The van der Waals surface area contributed by atoms with Crippen LogP contribution in [0.3, 0.4) is 0 Å². The maximum Gasteiger partial charge on any atom is 0.161 e. The summed E-state index contributed by atoms with van der Waals surface area (Å²) in [5.74, 6) is 1.24. The van der Waals surface area contributed by atoms with Crippen molar-refractivity contribution in [3.8, 4) is 0 Å². The average Bonchev–Trinajstić information content (AvgIpc) is 2.30. The van der Waals surface area contributed by atoms with E-state index in [1.807, 2.05) is 0 Å². The molecule has 1 aromatic rings. The molecule has 3 heteroatoms. The number of nitrogens with zero attached hydrogens (tertiary/aromatic N) is 2. The van der Waals surface area contributed by atoms with Crippen molar-refractivity contribution in [3.63, 3.8) is 0 Å². The molecule has 0 radical (unpaired) electrons. The third-order valence-corrected chi connectivity index (χ3v) is 3.21. The summed E-state index contributed by atoms with van der Waals surface area (Å²) in [5.41, 5.74) is 7.03. The molecule has 1 heterocycles. The van der Waals surface area contributed by atoms with Gasteiger partial charge in [0.25, 0.3) is 0 Å². The zero-order valence-corrected chi connectivity index (χ0v) is 10.5. The second-order valence-electron chi connectivity index (χ2n) is 4.91. The maximum absolute atomic E-state index is 5.66. The third-order valence-electron chi connectivity index (χ3n) is 3.21. The molecule has 1 aliphatic rings. The van der Waals surface area contributed by atoms with E-state index in [0.717, 1.165) is 17.8 Å². The van der Waals surface area contributed by atoms with Crippen LogP contribution in [0.1, 0.15) is 38.9 Å². The van der Waals surface area contributed by atoms with Crippen LogP contribution in [0.4, 0.5) is 5.82 Å². The van der Waals surface area contributed by atoms with Gasteiger partial charge < -0.3 is 5.73 Å². The van der Waals surface area contributed by atoms with Gasteiger partial charge in [-0.15, -0.1) is 0 Å². The second-order valence-corrected chi connectivity index (χ2v) is 4.91. The van der Waals surface area contributed by atoms with Crippen molar-refractivity contribution in [1.82, 2.24) is 9.97 Å². The lowest BCUT2D eigenvalue weighted by Crippen LogP contribution is -2.14. The van der Waals surface area contributed by atoms with E-state index in [0.29, 0.717) is 11.2 Å². The Bertz CT molecular complexity index is 462. The quantitative estimate of drug-likeness (QED) is 0.865. The number of aromatic nitrogens is 2. The first-order valence-corrected chi connectivity index (χ1v) is 6.11. The van der Waals surface area contributed by atoms with Gasteiger partial charge in [-0.1, -0.05) is 38.5 Å². The molecule has 0 saturated carbocycles. The normalized spacial score (nSPS) is 23.5. The van der Waals surface area contributed by atoms with Gasteiger partial charge in [0.1, 0.15) is 5.82 Å². The molecule has 1 unspecified atom stereocenters. The molecule has 90 valence electrons. The van der Waals surface area contributed by atoms with Crippen LogP contribution >= 0.6 is 0 Å². The van der Waals surface area contributed by atoms with Crippen molar-refractivity contribution in [2.45, 2.75) is 33.1 Å². The first kappa shape index (κ1) is 11.8. The maximum atomic E-state index is 5.66. The van der Waals surface area contributed by atoms with Crippen LogP contribution < -0.4 is 5.73 Å². The van der Waals surface area contributed by atoms with Crippen molar-refractivity contribution in [1.29, 1.82) is 0 Å². The van der Waals surface area contributed by atoms with Crippen molar-refractivity contribution >= 4 is 11.4 Å². The summed E-state index contributed by atoms with van der Waals surface area (Å²) in [4.78, 5) is 8.48. The smallest absolute Gasteiger partial charge is 0.161 e. The van der Waals surface area contributed by atoms with E-state index in [1.54, 1.807) is 12.3 Å². The molecule has 0 aromatic carbocycles. The largest absolute Gasteiger partial charge is 0.384 e. The van der Waals surface area contributed by atoms with Crippen molar-refractivity contribution < 1.29 is 0 Å². The standard InChI is InChI=1S/C14H19N3/c1-3-7-14(2)8-4-11(5-9-14)13-16-10-6-12(15)17-13/h4-6,8,10H,3,7,9H2,1-2H3,(H2,15,16,17). The molecule has 0 saturated heterocycles. The van der Waals surface area contributed by atoms with Crippen LogP contribution in [-0.4, -0.2) is 9.97 Å². The van der Waals surface area contributed by atoms with Crippen LogP contribution in [0, 0.1) is 5.41 Å². The molecule has 0 fully saturated rings. The summed E-state index contributed by atoms with van der Waals surface area (Å²) in [5, 5.41) is 0. The fourth-order valence-electron chi connectivity index (χ4n) is 2.20. The summed E-state index contributed by atoms with van der Waals surface area (Å²) in [6, 6.07) is 1.71. The number of rotatable bonds is 3. The zero-order chi connectivity index (χ0) is 12.3. The van der Waals surface area contributed by atoms with Crippen LogP contribution in [-0.2, 0) is 0 Å². The SMILES string of the molecule is CCCC1(C)C=CC(c2nccc(N)n2)=CC1. The first-order valence-electron chi connectivity index (χ1n) is 6.11. The van der Waals surface area contributed by atoms with Gasteiger partial charge in [-0.05, 0) is 24.3 Å². The average molecular weight is 229 g/mol. The van der Waals surface area contributed by atoms with Gasteiger partial charge in [-0.2, -0.15) is 0 Å². The highest BCUT2D eigenvalue weighted by Crippen LogP contribution is 2.35. The molecule has 1 aliphatic carbocycles. The lowest BCUT2D eigenvalue weighted by molar-refractivity contribution is 0.389. The molecule has 0 spiro atoms. The summed E-state index contributed by atoms with van der Waals surface area (Å²) in [7, 11) is 0. The Morgan fingerprint density at radius 2 is 2.29 bits per heavy atom. The van der Waals surface area contributed by atoms with Crippen LogP contribution in [0.15, 0.2) is 30.5 Å². The lowest BCUT2D eigenvalue weighted by Gasteiger charge is -2.27. The number of hydrogen-bond donors (Lipinski definition) is 1. The van der Waals surface area contributed by atoms with Gasteiger partial charge in [-0.3, -0.25) is 0 Å². The monoisotopic (exact) mass is 229 g/mol. The number of nitrogens with two attached hydrogens (primary N) is 1. The number of nitrogen functional groups attached to an aromatic ring is 1. The van der Waals surface area contributed by atoms with Crippen LogP contribution in [0.25, 0.3) is 5.57 Å². The minimum absolute atomic E-state index is 0.290. The van der Waals surface area contributed by atoms with E-state index in [9.17, 15) is 0 Å². The Morgan fingerprint density at radius 1 is 1.47 bits per heavy atom. The van der Waals surface area contributed by atoms with Gasteiger partial charge >= 0.3 is 0 Å². The van der Waals surface area contributed by atoms with Gasteiger partial charge in [-0.25, -0.2) is 9.97 Å². The summed E-state index contributed by atoms with van der Waals surface area (Å²) < 4.78 is 0. The van der Waals surface area contributed by atoms with E-state index in [4.69, 9.17) is 5.73 Å². The predicted octanol–water partition coefficient (Wildman–Crippen LogP) is 3.21. The van der Waals surface area contributed by atoms with Crippen molar-refractivity contribution in [2.75, 3.05) is 5.73 Å². The lowest BCUT2D eigenvalue weighted by atomic mass is 9.78. The minimum atomic E-state index is 0.290. The molecule has 0 aliphatic heterocycles. The fourth-order valence-corrected chi connectivity index (χ4v) is 2.20. The van der Waals surface area contributed by atoms with Gasteiger partial charge in [0.2, 0.25) is 0 Å². The zero-order valence-electron chi connectivity index (χ0n) is 10.5. The summed E-state index contributed by atoms with van der Waals surface area (Å²) >= 11 is 0. The highest BCUT2D eigenvalue weighted by atomic mass is 14.9. The minimum Gasteiger partial charge on any atom is -0.384 e. The van der Waals surface area contributed by atoms with E-state index < -0.39 is 0 Å². The fraction of sp³-hybridized carbons (Fsp3) is 0.429. The van der Waals surface area contributed by atoms with E-state index in [-0.39, 0.29) is 0 Å². The number of hydrogen-bond acceptors (Lipinski definition) is 3. The second kappa shape index (κ2) is 4.70. The van der Waals surface area contributed by atoms with Crippen LogP contribution in [0.5, 0.6) is 0 Å². The van der Waals surface area contributed by atoms with Crippen molar-refractivity contribution in [2.24, 2.45) is 5.41 Å². The Labute approximate surface area is 102 Å². The number of anilines is 1. The Morgan fingerprint density at radius 3 is 2.88 bits per heavy atom. The molecule has 3 nitrogen and oxygen atoms in total. The molecule has 0 amide bonds. The Balaban J connectivity index is 2.17. The third kappa shape index (κ3) is 2.73. The van der Waals surface area contributed by atoms with E-state index in [1.165, 1.54) is 12.8 Å². The topological polar surface area (TPSA) is 51.8 Å². The van der Waals surface area contributed by atoms with E-state index >= 15 is 0 Å². The molecular formula is C14H19N3. The molecule has 17 heavy (non-hydrogen) atoms. The number of allylic oxidation sites excluding steroid dienone is 4. The molecule has 1 atom stereocenters. The van der Waals surface area contributed by atoms with Gasteiger partial charge in [0.15, 0.2) is 5.82 Å². The summed E-state index contributed by atoms with van der Waals surface area (Å²) in [6.45, 7) is 4.51. The summed E-state index contributed by atoms with van der Waals surface area (Å²) in [6.07, 6.45) is 11.8. The highest BCUT2D eigenvalue weighted by Gasteiger charge is 2.22. The van der Waals surface area contributed by atoms with E-state index in [2.05, 4.69) is 42.0 Å². The van der Waals surface area contributed by atoms with Gasteiger partial charge in [0.05, 0.1) is 0 Å². The van der Waals surface area contributed by atoms with Crippen molar-refractivity contribution in [3.05, 3.63) is 36.3 Å². The van der Waals surface area contributed by atoms with Gasteiger partial charge in [0, 0.05) is 11.8 Å². The van der Waals surface area contributed by atoms with Crippen LogP contribution in [0.2, 0.25) is 0 Å². The predicted molar refractivity (Wildman–Crippen MR) is 71.2 cm³/mol. The first-order chi connectivity index (χ1) is 8.13. The Hall–Kier alpha value is -1.64. The molecule has 1 aromatic heterocycles.